The number of allylic oxidation sites excluding steroid dienone is 1. The van der Waals surface area contributed by atoms with E-state index < -0.39 is 0 Å². The summed E-state index contributed by atoms with van der Waals surface area (Å²) in [5, 5.41) is 6.19. The third-order valence-corrected chi connectivity index (χ3v) is 0.433. The van der Waals surface area contributed by atoms with Crippen LogP contribution in [0.15, 0.2) is 17.8 Å². The molecule has 0 aromatic carbocycles. The Balaban J connectivity index is 0. The van der Waals surface area contributed by atoms with Crippen molar-refractivity contribution in [2.75, 3.05) is 0 Å². The second kappa shape index (κ2) is 7.61. The molecule has 0 saturated carbocycles. The summed E-state index contributed by atoms with van der Waals surface area (Å²) in [6.45, 7) is 5.13. The van der Waals surface area contributed by atoms with Crippen LogP contribution in [0.1, 0.15) is 6.92 Å². The maximum Gasteiger partial charge on any atom is 0.193 e. The predicted octanol–water partition coefficient (Wildman–Crippen LogP) is -4.38. The summed E-state index contributed by atoms with van der Waals surface area (Å²) in [5.41, 5.74) is 5.17. The molecule has 0 spiro atoms. The van der Waals surface area contributed by atoms with Crippen LogP contribution in [0.25, 0.3) is 0 Å². The quantitative estimate of drug-likeness (QED) is 0.217. The van der Waals surface area contributed by atoms with Gasteiger partial charge in [0.15, 0.2) is 12.1 Å². The van der Waals surface area contributed by atoms with E-state index in [9.17, 15) is 0 Å². The maximum atomic E-state index is 5.17. The summed E-state index contributed by atoms with van der Waals surface area (Å²) in [4.78, 5) is 0. The summed E-state index contributed by atoms with van der Waals surface area (Å²) in [6.07, 6.45) is 3.18. The zero-order chi connectivity index (χ0) is 6.41. The molecule has 3 nitrogen and oxygen atoms in total. The first-order valence-electron chi connectivity index (χ1n) is 2.27. The van der Waals surface area contributed by atoms with Gasteiger partial charge < -0.3 is 29.7 Å². The van der Waals surface area contributed by atoms with Crippen molar-refractivity contribution < 1.29 is 29.1 Å². The van der Waals surface area contributed by atoms with Crippen molar-refractivity contribution in [3.63, 3.8) is 0 Å². The molecule has 9 heavy (non-hydrogen) atoms. The minimum Gasteiger partial charge on any atom is -1.00 e. The Kier molecular flexibility index (Phi) is 9.65. The number of nitrogens with two attached hydrogens (primary N) is 1. The third kappa shape index (κ3) is 11.3. The normalized spacial score (nSPS) is 11.0. The minimum atomic E-state index is 0. The van der Waals surface area contributed by atoms with Gasteiger partial charge in [0.05, 0.1) is 0 Å². The number of nitrogens with one attached hydrogen (secondary N) is 1. The summed E-state index contributed by atoms with van der Waals surface area (Å²) >= 11 is 0. The Bertz CT molecular complexity index is 124. The predicted molar refractivity (Wildman–Crippen MR) is 34.5 cm³/mol. The van der Waals surface area contributed by atoms with E-state index in [2.05, 4.69) is 16.8 Å². The van der Waals surface area contributed by atoms with Crippen LogP contribution in [-0.4, -0.2) is 12.1 Å². The number of halogens is 1. The van der Waals surface area contributed by atoms with Crippen molar-refractivity contribution in [2.45, 2.75) is 6.92 Å². The topological polar surface area (TPSA) is 52.3 Å². The van der Waals surface area contributed by atoms with E-state index >= 15 is 0 Å². The molecule has 0 unspecified atom stereocenters. The van der Waals surface area contributed by atoms with Crippen molar-refractivity contribution in [3.8, 4) is 0 Å². The number of rotatable bonds is 2. The van der Waals surface area contributed by atoms with Gasteiger partial charge >= 0.3 is 0 Å². The molecule has 0 aliphatic rings. The van der Waals surface area contributed by atoms with E-state index in [1.165, 1.54) is 0 Å². The van der Waals surface area contributed by atoms with Crippen molar-refractivity contribution >= 4 is 12.1 Å². The van der Waals surface area contributed by atoms with Crippen LogP contribution in [0, 0.1) is 0 Å². The zero-order valence-electron chi connectivity index (χ0n) is 5.26. The highest BCUT2D eigenvalue weighted by Crippen LogP contribution is 1.46. The Hall–Kier alpha value is -0.390. The van der Waals surface area contributed by atoms with Crippen LogP contribution < -0.4 is 34.8 Å². The first-order chi connectivity index (χ1) is 3.77. The molecule has 0 bridgehead atoms. The van der Waals surface area contributed by atoms with Crippen molar-refractivity contribution in [3.05, 3.63) is 12.7 Å². The lowest BCUT2D eigenvalue weighted by Crippen LogP contribution is -3.00. The van der Waals surface area contributed by atoms with E-state index in [-0.39, 0.29) is 24.0 Å². The van der Waals surface area contributed by atoms with Gasteiger partial charge in [-0.2, -0.15) is 0 Å². The van der Waals surface area contributed by atoms with E-state index in [0.29, 0.717) is 5.84 Å². The fourth-order valence-electron chi connectivity index (χ4n) is 0.192. The van der Waals surface area contributed by atoms with Crippen molar-refractivity contribution in [1.29, 1.82) is 0 Å². The minimum absolute atomic E-state index is 0. The highest BCUT2D eigenvalue weighted by atomic mass is 127. The number of hydrogen-bond donors (Lipinski definition) is 2. The number of nitrogens with zero attached hydrogens (tertiary/aromatic N) is 1. The Morgan fingerprint density at radius 2 is 2.33 bits per heavy atom. The average Bonchev–Trinajstić information content (AvgIpc) is 1.66. The molecule has 0 radical (unpaired) electrons. The lowest BCUT2D eigenvalue weighted by Gasteiger charge is -1.72. The molecule has 0 atom stereocenters. The average molecular weight is 239 g/mol. The number of hydrogen-bond acceptors (Lipinski definition) is 1. The Labute approximate surface area is 71.8 Å². The fourth-order valence-corrected chi connectivity index (χ4v) is 0.192. The van der Waals surface area contributed by atoms with Crippen LogP contribution in [0.2, 0.25) is 0 Å². The molecule has 3 N–H and O–H groups in total. The third-order valence-electron chi connectivity index (χ3n) is 0.433. The number of hydrazone groups is 1. The fraction of sp³-hybridized carbons (Fsp3) is 0.200. The molecule has 4 heteroatoms. The highest BCUT2D eigenvalue weighted by Gasteiger charge is 1.74. The van der Waals surface area contributed by atoms with Gasteiger partial charge in [0.1, 0.15) is 0 Å². The van der Waals surface area contributed by atoms with Crippen LogP contribution in [0.3, 0.4) is 0 Å². The summed E-state index contributed by atoms with van der Waals surface area (Å²) in [5.74, 6) is 0.503. The summed E-state index contributed by atoms with van der Waals surface area (Å²) in [6, 6.07) is 0. The van der Waals surface area contributed by atoms with E-state index in [4.69, 9.17) is 5.73 Å². The molecule has 0 rings (SSSR count). The molecule has 0 amide bonds. The van der Waals surface area contributed by atoms with Crippen LogP contribution in [-0.2, 0) is 0 Å². The largest absolute Gasteiger partial charge is 1.00 e. The molecule has 0 fully saturated rings. The smallest absolute Gasteiger partial charge is 0.193 e. The molecule has 0 heterocycles. The Morgan fingerprint density at radius 3 is 2.67 bits per heavy atom. The van der Waals surface area contributed by atoms with Gasteiger partial charge in [-0.3, -0.25) is 0 Å². The van der Waals surface area contributed by atoms with Crippen molar-refractivity contribution in [2.24, 2.45) is 10.8 Å². The summed E-state index contributed by atoms with van der Waals surface area (Å²) < 4.78 is 0. The molecular weight excluding hydrogens is 229 g/mol. The molecule has 0 aromatic heterocycles. The van der Waals surface area contributed by atoms with Crippen LogP contribution in [0.5, 0.6) is 0 Å². The van der Waals surface area contributed by atoms with Gasteiger partial charge in [-0.1, -0.05) is 6.58 Å². The SMILES string of the molecule is C=C/C=[NH+]/N=C(/C)N.[I-]. The molecule has 0 aromatic rings. The molecule has 0 aliphatic heterocycles. The van der Waals surface area contributed by atoms with Gasteiger partial charge in [-0.05, 0) is 13.0 Å². The van der Waals surface area contributed by atoms with Gasteiger partial charge in [0.2, 0.25) is 0 Å². The maximum absolute atomic E-state index is 5.17. The lowest BCUT2D eigenvalue weighted by atomic mass is 10.7. The van der Waals surface area contributed by atoms with Crippen LogP contribution in [0.4, 0.5) is 0 Å². The highest BCUT2D eigenvalue weighted by molar-refractivity contribution is 5.76. The second-order valence-electron chi connectivity index (χ2n) is 1.28. The zero-order valence-corrected chi connectivity index (χ0v) is 7.42. The molecule has 0 saturated heterocycles. The molecule has 0 aliphatic carbocycles. The second-order valence-corrected chi connectivity index (χ2v) is 1.28. The van der Waals surface area contributed by atoms with E-state index in [1.807, 2.05) is 0 Å². The van der Waals surface area contributed by atoms with Crippen molar-refractivity contribution in [1.82, 2.24) is 0 Å². The standard InChI is InChI=1S/C5H9N3.HI/c1-3-4-7-8-5(2)6;/h3-4H,1H2,2H3,(H2,6,8);1H/b7-4+;. The lowest BCUT2D eigenvalue weighted by molar-refractivity contribution is -0.456. The Morgan fingerprint density at radius 1 is 1.78 bits per heavy atom. The monoisotopic (exact) mass is 239 g/mol. The van der Waals surface area contributed by atoms with Gasteiger partial charge in [-0.15, -0.1) is 5.10 Å². The van der Waals surface area contributed by atoms with Gasteiger partial charge in [0, 0.05) is 5.10 Å². The first kappa shape index (κ1) is 11.4. The molecule has 52 valence electrons. The summed E-state index contributed by atoms with van der Waals surface area (Å²) in [7, 11) is 0. The molecular formula is C5H10IN3. The van der Waals surface area contributed by atoms with E-state index in [0.717, 1.165) is 0 Å². The first-order valence-corrected chi connectivity index (χ1v) is 2.27. The van der Waals surface area contributed by atoms with E-state index in [1.54, 1.807) is 19.2 Å². The van der Waals surface area contributed by atoms with Crippen LogP contribution >= 0.6 is 0 Å². The van der Waals surface area contributed by atoms with Gasteiger partial charge in [0.25, 0.3) is 0 Å². The van der Waals surface area contributed by atoms with Gasteiger partial charge in [-0.25, -0.2) is 0 Å². The number of amidine groups is 1.